The highest BCUT2D eigenvalue weighted by molar-refractivity contribution is 5.95. The third kappa shape index (κ3) is 5.30. The topological polar surface area (TPSA) is 68.3 Å². The van der Waals surface area contributed by atoms with E-state index in [4.69, 9.17) is 14.2 Å². The number of hydrogen-bond donors (Lipinski definition) is 0. The third-order valence-corrected chi connectivity index (χ3v) is 6.47. The molecule has 2 amide bonds. The molecular formula is C26H32N2O5. The summed E-state index contributed by atoms with van der Waals surface area (Å²) in [6, 6.07) is 15.3. The zero-order valence-corrected chi connectivity index (χ0v) is 19.5. The van der Waals surface area contributed by atoms with Crippen molar-refractivity contribution >= 4 is 11.8 Å². The molecule has 0 aliphatic carbocycles. The van der Waals surface area contributed by atoms with E-state index >= 15 is 0 Å². The molecular weight excluding hydrogens is 420 g/mol. The number of carbonyl (C=O) groups is 2. The number of morpholine rings is 1. The van der Waals surface area contributed by atoms with Gasteiger partial charge < -0.3 is 24.0 Å². The maximum absolute atomic E-state index is 13.3. The Labute approximate surface area is 195 Å². The van der Waals surface area contributed by atoms with Gasteiger partial charge in [0.05, 0.1) is 26.9 Å². The minimum Gasteiger partial charge on any atom is -0.497 e. The molecule has 0 aromatic heterocycles. The molecule has 0 N–H and O–H groups in total. The van der Waals surface area contributed by atoms with Crippen LogP contribution < -0.4 is 9.47 Å². The summed E-state index contributed by atoms with van der Waals surface area (Å²) < 4.78 is 16.7. The summed E-state index contributed by atoms with van der Waals surface area (Å²) in [6.07, 6.45) is 1.20. The van der Waals surface area contributed by atoms with Gasteiger partial charge in [-0.05, 0) is 37.5 Å². The van der Waals surface area contributed by atoms with Gasteiger partial charge in [0.2, 0.25) is 5.91 Å². The van der Waals surface area contributed by atoms with Gasteiger partial charge in [-0.1, -0.05) is 30.3 Å². The van der Waals surface area contributed by atoms with Crippen LogP contribution in [0.3, 0.4) is 0 Å². The Morgan fingerprint density at radius 3 is 2.15 bits per heavy atom. The molecule has 0 spiro atoms. The molecule has 4 rings (SSSR count). The van der Waals surface area contributed by atoms with Gasteiger partial charge in [0.1, 0.15) is 17.6 Å². The highest BCUT2D eigenvalue weighted by Crippen LogP contribution is 2.29. The lowest BCUT2D eigenvalue weighted by molar-refractivity contribution is -0.150. The van der Waals surface area contributed by atoms with Crippen LogP contribution in [0, 0.1) is 5.92 Å². The quantitative estimate of drug-likeness (QED) is 0.694. The number of carbonyl (C=O) groups excluding carboxylic acids is 2. The van der Waals surface area contributed by atoms with Gasteiger partial charge >= 0.3 is 0 Å². The number of piperidine rings is 1. The standard InChI is InChI=1S/C26H32N2O5/c1-18-16-28(17-24(33-18)19-7-5-4-6-8-19)25(29)20-9-11-27(12-10-20)26(30)21-13-22(31-2)15-23(14-21)32-3/h4-8,13-15,18,20,24H,9-12,16-17H2,1-3H3. The fourth-order valence-corrected chi connectivity index (χ4v) is 4.68. The zero-order chi connectivity index (χ0) is 23.4. The summed E-state index contributed by atoms with van der Waals surface area (Å²) in [7, 11) is 3.13. The van der Waals surface area contributed by atoms with Crippen LogP contribution in [0.1, 0.15) is 41.8 Å². The predicted molar refractivity (Wildman–Crippen MR) is 124 cm³/mol. The van der Waals surface area contributed by atoms with Crippen molar-refractivity contribution in [3.63, 3.8) is 0 Å². The molecule has 2 aromatic rings. The van der Waals surface area contributed by atoms with E-state index < -0.39 is 0 Å². The molecule has 2 aliphatic heterocycles. The lowest BCUT2D eigenvalue weighted by Gasteiger charge is -2.40. The van der Waals surface area contributed by atoms with Crippen LogP contribution in [-0.2, 0) is 9.53 Å². The number of hydrogen-bond acceptors (Lipinski definition) is 5. The second-order valence-corrected chi connectivity index (χ2v) is 8.76. The van der Waals surface area contributed by atoms with Crippen LogP contribution in [0.25, 0.3) is 0 Å². The second kappa shape index (κ2) is 10.3. The molecule has 176 valence electrons. The van der Waals surface area contributed by atoms with Crippen molar-refractivity contribution in [2.24, 2.45) is 5.92 Å². The third-order valence-electron chi connectivity index (χ3n) is 6.47. The Balaban J connectivity index is 1.37. The monoisotopic (exact) mass is 452 g/mol. The van der Waals surface area contributed by atoms with Crippen LogP contribution >= 0.6 is 0 Å². The fraction of sp³-hybridized carbons (Fsp3) is 0.462. The normalized spacial score (nSPS) is 21.5. The molecule has 2 aromatic carbocycles. The van der Waals surface area contributed by atoms with Crippen LogP contribution in [0.15, 0.2) is 48.5 Å². The summed E-state index contributed by atoms with van der Waals surface area (Å²) in [4.78, 5) is 30.1. The lowest BCUT2D eigenvalue weighted by atomic mass is 9.94. The van der Waals surface area contributed by atoms with Gasteiger partial charge in [-0.2, -0.15) is 0 Å². The van der Waals surface area contributed by atoms with Crippen molar-refractivity contribution < 1.29 is 23.8 Å². The Morgan fingerprint density at radius 2 is 1.55 bits per heavy atom. The molecule has 2 unspecified atom stereocenters. The maximum Gasteiger partial charge on any atom is 0.254 e. The van der Waals surface area contributed by atoms with E-state index in [1.807, 2.05) is 47.1 Å². The van der Waals surface area contributed by atoms with Crippen molar-refractivity contribution in [1.29, 1.82) is 0 Å². The predicted octanol–water partition coefficient (Wildman–Crippen LogP) is 3.54. The molecule has 2 atom stereocenters. The van der Waals surface area contributed by atoms with Crippen molar-refractivity contribution in [2.45, 2.75) is 32.0 Å². The fourth-order valence-electron chi connectivity index (χ4n) is 4.68. The Kier molecular flexibility index (Phi) is 7.18. The van der Waals surface area contributed by atoms with Gasteiger partial charge in [-0.3, -0.25) is 9.59 Å². The highest BCUT2D eigenvalue weighted by Gasteiger charge is 2.35. The van der Waals surface area contributed by atoms with Crippen molar-refractivity contribution in [1.82, 2.24) is 9.80 Å². The number of ether oxygens (including phenoxy) is 3. The number of nitrogens with zero attached hydrogens (tertiary/aromatic N) is 2. The Morgan fingerprint density at radius 1 is 0.909 bits per heavy atom. The van der Waals surface area contributed by atoms with Crippen molar-refractivity contribution in [2.75, 3.05) is 40.4 Å². The molecule has 2 aliphatic rings. The molecule has 0 bridgehead atoms. The Hall–Kier alpha value is -3.06. The first-order valence-electron chi connectivity index (χ1n) is 11.5. The first-order valence-corrected chi connectivity index (χ1v) is 11.5. The van der Waals surface area contributed by atoms with E-state index in [-0.39, 0.29) is 29.9 Å². The number of methoxy groups -OCH3 is 2. The first kappa shape index (κ1) is 23.1. The minimum atomic E-state index is -0.108. The van der Waals surface area contributed by atoms with Crippen molar-refractivity contribution in [3.05, 3.63) is 59.7 Å². The minimum absolute atomic E-state index is 0.0161. The van der Waals surface area contributed by atoms with E-state index in [1.54, 1.807) is 32.4 Å². The largest absolute Gasteiger partial charge is 0.497 e. The molecule has 2 saturated heterocycles. The van der Waals surface area contributed by atoms with E-state index in [1.165, 1.54) is 0 Å². The average molecular weight is 453 g/mol. The molecule has 7 heteroatoms. The van der Waals surface area contributed by atoms with E-state index in [2.05, 4.69) is 0 Å². The van der Waals surface area contributed by atoms with E-state index in [9.17, 15) is 9.59 Å². The van der Waals surface area contributed by atoms with Crippen LogP contribution in [0.2, 0.25) is 0 Å². The molecule has 0 saturated carbocycles. The van der Waals surface area contributed by atoms with E-state index in [0.29, 0.717) is 56.1 Å². The number of amides is 2. The molecule has 2 fully saturated rings. The summed E-state index contributed by atoms with van der Waals surface area (Å²) in [5.74, 6) is 1.19. The number of likely N-dealkylation sites (tertiary alicyclic amines) is 1. The van der Waals surface area contributed by atoms with Gasteiger partial charge in [0.25, 0.3) is 5.91 Å². The van der Waals surface area contributed by atoms with Crippen LogP contribution in [0.5, 0.6) is 11.5 Å². The van der Waals surface area contributed by atoms with Gasteiger partial charge in [0.15, 0.2) is 0 Å². The average Bonchev–Trinajstić information content (AvgIpc) is 2.87. The SMILES string of the molecule is COc1cc(OC)cc(C(=O)N2CCC(C(=O)N3CC(C)OC(c4ccccc4)C3)CC2)c1. The molecule has 2 heterocycles. The summed E-state index contributed by atoms with van der Waals surface area (Å²) in [6.45, 7) is 4.29. The van der Waals surface area contributed by atoms with Gasteiger partial charge in [0, 0.05) is 37.2 Å². The van der Waals surface area contributed by atoms with Gasteiger partial charge in [-0.15, -0.1) is 0 Å². The first-order chi connectivity index (χ1) is 16.0. The molecule has 33 heavy (non-hydrogen) atoms. The maximum atomic E-state index is 13.3. The van der Waals surface area contributed by atoms with Crippen molar-refractivity contribution in [3.8, 4) is 11.5 Å². The number of rotatable bonds is 5. The summed E-state index contributed by atoms with van der Waals surface area (Å²) in [5, 5.41) is 0. The second-order valence-electron chi connectivity index (χ2n) is 8.76. The number of benzene rings is 2. The highest BCUT2D eigenvalue weighted by atomic mass is 16.5. The van der Waals surface area contributed by atoms with Gasteiger partial charge in [-0.25, -0.2) is 0 Å². The van der Waals surface area contributed by atoms with Crippen LogP contribution in [-0.4, -0.2) is 68.1 Å². The zero-order valence-electron chi connectivity index (χ0n) is 19.5. The lowest BCUT2D eigenvalue weighted by Crippen LogP contribution is -2.50. The molecule has 7 nitrogen and oxygen atoms in total. The smallest absolute Gasteiger partial charge is 0.254 e. The Bertz CT molecular complexity index is 950. The summed E-state index contributed by atoms with van der Waals surface area (Å²) in [5.41, 5.74) is 1.62. The molecule has 0 radical (unpaired) electrons. The summed E-state index contributed by atoms with van der Waals surface area (Å²) >= 11 is 0. The van der Waals surface area contributed by atoms with E-state index in [0.717, 1.165) is 5.56 Å². The van der Waals surface area contributed by atoms with Crippen LogP contribution in [0.4, 0.5) is 0 Å².